The van der Waals surface area contributed by atoms with Crippen LogP contribution >= 0.6 is 0 Å². The molecule has 0 N–H and O–H groups in total. The van der Waals surface area contributed by atoms with Gasteiger partial charge in [0.25, 0.3) is 0 Å². The lowest BCUT2D eigenvalue weighted by molar-refractivity contribution is 0.00578. The minimum absolute atomic E-state index is 0.340. The SMILES string of the molecule is CC1(C)OB(c2ccc3c(OCc4ccccc4)cccc3c2)OC1(C)C. The molecule has 4 heteroatoms. The van der Waals surface area contributed by atoms with Gasteiger partial charge in [-0.3, -0.25) is 0 Å². The smallest absolute Gasteiger partial charge is 0.488 e. The zero-order chi connectivity index (χ0) is 19.1. The van der Waals surface area contributed by atoms with Crippen molar-refractivity contribution in [2.24, 2.45) is 0 Å². The molecule has 0 unspecified atom stereocenters. The Labute approximate surface area is 161 Å². The molecule has 1 aliphatic heterocycles. The summed E-state index contributed by atoms with van der Waals surface area (Å²) in [6.07, 6.45) is 0. The van der Waals surface area contributed by atoms with E-state index in [1.807, 2.05) is 30.3 Å². The highest BCUT2D eigenvalue weighted by molar-refractivity contribution is 6.62. The Morgan fingerprint density at radius 1 is 0.815 bits per heavy atom. The molecule has 138 valence electrons. The Balaban J connectivity index is 1.59. The Kier molecular flexibility index (Phi) is 4.49. The van der Waals surface area contributed by atoms with E-state index >= 15 is 0 Å². The predicted octanol–water partition coefficient (Wildman–Crippen LogP) is 4.72. The molecule has 1 heterocycles. The number of fused-ring (bicyclic) bond motifs is 1. The minimum Gasteiger partial charge on any atom is -0.488 e. The second-order valence-corrected chi connectivity index (χ2v) is 8.10. The van der Waals surface area contributed by atoms with E-state index in [2.05, 4.69) is 64.1 Å². The van der Waals surface area contributed by atoms with E-state index in [-0.39, 0.29) is 18.3 Å². The third-order valence-electron chi connectivity index (χ3n) is 5.63. The van der Waals surface area contributed by atoms with Gasteiger partial charge in [-0.25, -0.2) is 0 Å². The highest BCUT2D eigenvalue weighted by atomic mass is 16.7. The second-order valence-electron chi connectivity index (χ2n) is 8.10. The maximum absolute atomic E-state index is 6.18. The Bertz CT molecular complexity index is 934. The lowest BCUT2D eigenvalue weighted by Crippen LogP contribution is -2.41. The van der Waals surface area contributed by atoms with Gasteiger partial charge in [0.05, 0.1) is 11.2 Å². The van der Waals surface area contributed by atoms with Gasteiger partial charge in [0.2, 0.25) is 0 Å². The summed E-state index contributed by atoms with van der Waals surface area (Å²) in [6.45, 7) is 8.85. The maximum atomic E-state index is 6.18. The third-order valence-corrected chi connectivity index (χ3v) is 5.63. The molecule has 1 aliphatic rings. The standard InChI is InChI=1S/C23H25BO3/c1-22(2)23(3,4)27-24(26-22)19-13-14-20-18(15-19)11-8-12-21(20)25-16-17-9-6-5-7-10-17/h5-15H,16H2,1-4H3. The van der Waals surface area contributed by atoms with E-state index in [1.165, 1.54) is 0 Å². The highest BCUT2D eigenvalue weighted by Crippen LogP contribution is 2.37. The quantitative estimate of drug-likeness (QED) is 0.631. The molecule has 0 saturated carbocycles. The molecular weight excluding hydrogens is 335 g/mol. The first kappa shape index (κ1) is 18.1. The van der Waals surface area contributed by atoms with Crippen LogP contribution in [0.2, 0.25) is 0 Å². The van der Waals surface area contributed by atoms with Gasteiger partial charge in [0.1, 0.15) is 12.4 Å². The van der Waals surface area contributed by atoms with Crippen LogP contribution < -0.4 is 10.2 Å². The number of hydrogen-bond donors (Lipinski definition) is 0. The Morgan fingerprint density at radius 3 is 2.22 bits per heavy atom. The van der Waals surface area contributed by atoms with Crippen molar-refractivity contribution in [3.63, 3.8) is 0 Å². The van der Waals surface area contributed by atoms with Crippen LogP contribution in [0.15, 0.2) is 66.7 Å². The van der Waals surface area contributed by atoms with Gasteiger partial charge in [0, 0.05) is 5.39 Å². The molecule has 0 spiro atoms. The first-order chi connectivity index (χ1) is 12.9. The summed E-state index contributed by atoms with van der Waals surface area (Å²) in [7, 11) is -0.353. The fraction of sp³-hybridized carbons (Fsp3) is 0.304. The molecule has 4 rings (SSSR count). The average Bonchev–Trinajstić information content (AvgIpc) is 2.88. The summed E-state index contributed by atoms with van der Waals surface area (Å²) >= 11 is 0. The predicted molar refractivity (Wildman–Crippen MR) is 110 cm³/mol. The molecule has 1 saturated heterocycles. The van der Waals surface area contributed by atoms with E-state index in [0.29, 0.717) is 6.61 Å². The molecule has 0 aromatic heterocycles. The first-order valence-electron chi connectivity index (χ1n) is 9.41. The van der Waals surface area contributed by atoms with Crippen molar-refractivity contribution in [1.29, 1.82) is 0 Å². The summed E-state index contributed by atoms with van der Waals surface area (Å²) < 4.78 is 18.4. The van der Waals surface area contributed by atoms with E-state index in [4.69, 9.17) is 14.0 Å². The van der Waals surface area contributed by atoms with Crippen LogP contribution in [-0.4, -0.2) is 18.3 Å². The van der Waals surface area contributed by atoms with Gasteiger partial charge >= 0.3 is 7.12 Å². The van der Waals surface area contributed by atoms with Crippen molar-refractivity contribution in [1.82, 2.24) is 0 Å². The molecule has 0 radical (unpaired) electrons. The maximum Gasteiger partial charge on any atom is 0.494 e. The fourth-order valence-electron chi connectivity index (χ4n) is 3.26. The summed E-state index contributed by atoms with van der Waals surface area (Å²) in [5.41, 5.74) is 1.50. The van der Waals surface area contributed by atoms with Gasteiger partial charge in [-0.2, -0.15) is 0 Å². The zero-order valence-electron chi connectivity index (χ0n) is 16.4. The number of benzene rings is 3. The molecular formula is C23H25BO3. The molecule has 0 aliphatic carbocycles. The van der Waals surface area contributed by atoms with Gasteiger partial charge in [-0.1, -0.05) is 60.7 Å². The van der Waals surface area contributed by atoms with Crippen LogP contribution in [0.4, 0.5) is 0 Å². The molecule has 3 aromatic carbocycles. The lowest BCUT2D eigenvalue weighted by atomic mass is 9.78. The molecule has 0 atom stereocenters. The summed E-state index contributed by atoms with van der Waals surface area (Å²) in [6, 6.07) is 22.6. The molecule has 1 fully saturated rings. The van der Waals surface area contributed by atoms with Crippen molar-refractivity contribution in [3.05, 3.63) is 72.3 Å². The Morgan fingerprint density at radius 2 is 1.52 bits per heavy atom. The fourth-order valence-corrected chi connectivity index (χ4v) is 3.26. The Hall–Kier alpha value is -2.30. The number of rotatable bonds is 4. The van der Waals surface area contributed by atoms with E-state index in [9.17, 15) is 0 Å². The molecule has 0 bridgehead atoms. The largest absolute Gasteiger partial charge is 0.494 e. The van der Waals surface area contributed by atoms with Crippen LogP contribution in [0.5, 0.6) is 5.75 Å². The van der Waals surface area contributed by atoms with Crippen LogP contribution in [-0.2, 0) is 15.9 Å². The van der Waals surface area contributed by atoms with Crippen molar-refractivity contribution >= 4 is 23.4 Å². The average molecular weight is 360 g/mol. The minimum atomic E-state index is -0.353. The van der Waals surface area contributed by atoms with Crippen molar-refractivity contribution in [2.75, 3.05) is 0 Å². The second kappa shape index (κ2) is 6.70. The van der Waals surface area contributed by atoms with Crippen LogP contribution in [0.25, 0.3) is 10.8 Å². The van der Waals surface area contributed by atoms with E-state index in [1.54, 1.807) is 0 Å². The van der Waals surface area contributed by atoms with Crippen LogP contribution in [0.1, 0.15) is 33.3 Å². The van der Waals surface area contributed by atoms with Crippen molar-refractivity contribution in [2.45, 2.75) is 45.5 Å². The first-order valence-corrected chi connectivity index (χ1v) is 9.41. The number of ether oxygens (including phenoxy) is 1. The normalized spacial score (nSPS) is 18.0. The van der Waals surface area contributed by atoms with Crippen molar-refractivity contribution < 1.29 is 14.0 Å². The van der Waals surface area contributed by atoms with Gasteiger partial charge in [-0.15, -0.1) is 0 Å². The summed E-state index contributed by atoms with van der Waals surface area (Å²) in [4.78, 5) is 0. The van der Waals surface area contributed by atoms with Crippen LogP contribution in [0.3, 0.4) is 0 Å². The molecule has 0 amide bonds. The molecule has 3 aromatic rings. The summed E-state index contributed by atoms with van der Waals surface area (Å²) in [5, 5.41) is 2.21. The van der Waals surface area contributed by atoms with Crippen molar-refractivity contribution in [3.8, 4) is 5.75 Å². The van der Waals surface area contributed by atoms with Gasteiger partial charge < -0.3 is 14.0 Å². The molecule has 3 nitrogen and oxygen atoms in total. The topological polar surface area (TPSA) is 27.7 Å². The summed E-state index contributed by atoms with van der Waals surface area (Å²) in [5.74, 6) is 0.886. The zero-order valence-corrected chi connectivity index (χ0v) is 16.4. The van der Waals surface area contributed by atoms with E-state index in [0.717, 1.165) is 27.5 Å². The van der Waals surface area contributed by atoms with Gasteiger partial charge in [0.15, 0.2) is 0 Å². The highest BCUT2D eigenvalue weighted by Gasteiger charge is 2.51. The third kappa shape index (κ3) is 3.47. The van der Waals surface area contributed by atoms with Crippen LogP contribution in [0, 0.1) is 0 Å². The monoisotopic (exact) mass is 360 g/mol. The van der Waals surface area contributed by atoms with E-state index < -0.39 is 0 Å². The van der Waals surface area contributed by atoms with Gasteiger partial charge in [-0.05, 0) is 50.2 Å². The molecule has 27 heavy (non-hydrogen) atoms. The lowest BCUT2D eigenvalue weighted by Gasteiger charge is -2.32. The number of hydrogen-bond acceptors (Lipinski definition) is 3.